The van der Waals surface area contributed by atoms with Gasteiger partial charge in [-0.3, -0.25) is 10.1 Å². The van der Waals surface area contributed by atoms with Gasteiger partial charge < -0.3 is 11.1 Å². The fourth-order valence-electron chi connectivity index (χ4n) is 1.52. The van der Waals surface area contributed by atoms with Crippen molar-refractivity contribution in [2.24, 2.45) is 0 Å². The quantitative estimate of drug-likeness (QED) is 0.427. The van der Waals surface area contributed by atoms with Crippen LogP contribution in [0.5, 0.6) is 0 Å². The Labute approximate surface area is 123 Å². The zero-order valence-electron chi connectivity index (χ0n) is 11.9. The van der Waals surface area contributed by atoms with E-state index in [1.165, 1.54) is 11.8 Å². The molecule has 0 aliphatic rings. The fraction of sp³-hybridized carbons (Fsp3) is 0.429. The summed E-state index contributed by atoms with van der Waals surface area (Å²) >= 11 is 1.37. The second-order valence-electron chi connectivity index (χ2n) is 4.42. The Kier molecular flexibility index (Phi) is 6.93. The van der Waals surface area contributed by atoms with Crippen LogP contribution < -0.4 is 16.4 Å². The molecule has 4 N–H and O–H groups in total. The van der Waals surface area contributed by atoms with Crippen LogP contribution in [-0.4, -0.2) is 24.2 Å². The summed E-state index contributed by atoms with van der Waals surface area (Å²) in [6.45, 7) is 4.53. The summed E-state index contributed by atoms with van der Waals surface area (Å²) in [6, 6.07) is 5.14. The number of hydrogen-bond donors (Lipinski definition) is 3. The molecule has 0 aromatic heterocycles. The normalized spacial score (nSPS) is 10.1. The maximum Gasteiger partial charge on any atom is 0.321 e. The van der Waals surface area contributed by atoms with Gasteiger partial charge in [0.05, 0.1) is 5.75 Å². The van der Waals surface area contributed by atoms with Gasteiger partial charge in [-0.2, -0.15) is 0 Å². The Balaban J connectivity index is 2.36. The van der Waals surface area contributed by atoms with Crippen molar-refractivity contribution in [3.63, 3.8) is 0 Å². The van der Waals surface area contributed by atoms with Crippen LogP contribution in [0.25, 0.3) is 0 Å². The second-order valence-corrected chi connectivity index (χ2v) is 5.43. The summed E-state index contributed by atoms with van der Waals surface area (Å²) in [5.41, 5.74) is 7.46. The lowest BCUT2D eigenvalue weighted by atomic mass is 10.2. The van der Waals surface area contributed by atoms with Crippen molar-refractivity contribution in [3.8, 4) is 0 Å². The first-order valence-electron chi connectivity index (χ1n) is 6.60. The molecule has 0 spiro atoms. The van der Waals surface area contributed by atoms with Gasteiger partial charge in [-0.15, -0.1) is 11.8 Å². The number of nitrogens with one attached hydrogen (secondary N) is 2. The minimum atomic E-state index is -0.437. The largest absolute Gasteiger partial charge is 0.398 e. The number of urea groups is 1. The zero-order chi connectivity index (χ0) is 15.0. The summed E-state index contributed by atoms with van der Waals surface area (Å²) in [7, 11) is 0. The summed E-state index contributed by atoms with van der Waals surface area (Å²) in [5, 5.41) is 4.94. The van der Waals surface area contributed by atoms with E-state index in [9.17, 15) is 9.59 Å². The third kappa shape index (κ3) is 5.52. The lowest BCUT2D eigenvalue weighted by Crippen LogP contribution is -2.40. The van der Waals surface area contributed by atoms with E-state index in [2.05, 4.69) is 10.6 Å². The van der Waals surface area contributed by atoms with Crippen molar-refractivity contribution in [3.05, 3.63) is 23.8 Å². The van der Waals surface area contributed by atoms with Gasteiger partial charge in [0.25, 0.3) is 0 Å². The van der Waals surface area contributed by atoms with Crippen molar-refractivity contribution >= 4 is 29.4 Å². The number of amides is 3. The molecule has 20 heavy (non-hydrogen) atoms. The van der Waals surface area contributed by atoms with Crippen LogP contribution >= 0.6 is 11.8 Å². The van der Waals surface area contributed by atoms with Gasteiger partial charge in [0.1, 0.15) is 0 Å². The van der Waals surface area contributed by atoms with Crippen LogP contribution in [0, 0.1) is 6.92 Å². The van der Waals surface area contributed by atoms with Crippen LogP contribution in [0.4, 0.5) is 10.5 Å². The average Bonchev–Trinajstić information content (AvgIpc) is 2.41. The zero-order valence-corrected chi connectivity index (χ0v) is 12.7. The van der Waals surface area contributed by atoms with E-state index in [-0.39, 0.29) is 11.7 Å². The lowest BCUT2D eigenvalue weighted by molar-refractivity contribution is -0.117. The first kappa shape index (κ1) is 16.4. The highest BCUT2D eigenvalue weighted by molar-refractivity contribution is 8.00. The minimum Gasteiger partial charge on any atom is -0.398 e. The van der Waals surface area contributed by atoms with Gasteiger partial charge in [-0.05, 0) is 31.0 Å². The molecule has 0 radical (unpaired) electrons. The van der Waals surface area contributed by atoms with Gasteiger partial charge in [-0.25, -0.2) is 4.79 Å². The number of carbonyl (C=O) groups excluding carboxylic acids is 2. The number of benzene rings is 1. The topological polar surface area (TPSA) is 84.2 Å². The highest BCUT2D eigenvalue weighted by atomic mass is 32.2. The van der Waals surface area contributed by atoms with Gasteiger partial charge in [0.2, 0.25) is 5.91 Å². The molecule has 110 valence electrons. The van der Waals surface area contributed by atoms with E-state index in [1.807, 2.05) is 32.0 Å². The van der Waals surface area contributed by atoms with Gasteiger partial charge in [0, 0.05) is 17.1 Å². The second kappa shape index (κ2) is 8.47. The Bertz CT molecular complexity index is 477. The molecule has 1 aromatic rings. The third-order valence-electron chi connectivity index (χ3n) is 2.75. The lowest BCUT2D eigenvalue weighted by Gasteiger charge is -2.08. The number of thioether (sulfide) groups is 1. The molecule has 6 heteroatoms. The van der Waals surface area contributed by atoms with Crippen molar-refractivity contribution < 1.29 is 9.59 Å². The number of imide groups is 1. The predicted octanol–water partition coefficient (Wildman–Crippen LogP) is 2.30. The van der Waals surface area contributed by atoms with Crippen LogP contribution in [0.2, 0.25) is 0 Å². The highest BCUT2D eigenvalue weighted by Gasteiger charge is 2.09. The van der Waals surface area contributed by atoms with Crippen LogP contribution in [-0.2, 0) is 4.79 Å². The average molecular weight is 295 g/mol. The van der Waals surface area contributed by atoms with E-state index in [4.69, 9.17) is 5.73 Å². The minimum absolute atomic E-state index is 0.186. The summed E-state index contributed by atoms with van der Waals surface area (Å²) in [5.74, 6) is -0.128. The number of carbonyl (C=O) groups is 2. The number of nitrogen functional groups attached to an aromatic ring is 1. The molecule has 0 bridgehead atoms. The Morgan fingerprint density at radius 1 is 1.35 bits per heavy atom. The van der Waals surface area contributed by atoms with Gasteiger partial charge >= 0.3 is 6.03 Å². The molecule has 0 aliphatic heterocycles. The molecule has 0 saturated heterocycles. The van der Waals surface area contributed by atoms with Crippen LogP contribution in [0.15, 0.2) is 23.1 Å². The van der Waals surface area contributed by atoms with Gasteiger partial charge in [0.15, 0.2) is 0 Å². The molecule has 0 unspecified atom stereocenters. The molecule has 0 atom stereocenters. The first-order valence-corrected chi connectivity index (χ1v) is 7.58. The fourth-order valence-corrected chi connectivity index (χ4v) is 2.38. The van der Waals surface area contributed by atoms with E-state index in [0.29, 0.717) is 12.2 Å². The standard InChI is InChI=1S/C14H21N3O2S/c1-3-4-8-16-14(19)17-13(18)9-20-12-7-5-6-11(15)10(12)2/h5-7H,3-4,8-9,15H2,1-2H3,(H2,16,17,18,19). The maximum absolute atomic E-state index is 11.6. The predicted molar refractivity (Wildman–Crippen MR) is 82.8 cm³/mol. The Hall–Kier alpha value is -1.69. The molecule has 3 amide bonds. The molecule has 0 saturated carbocycles. The van der Waals surface area contributed by atoms with Gasteiger partial charge in [-0.1, -0.05) is 19.4 Å². The number of anilines is 1. The van der Waals surface area contributed by atoms with Crippen LogP contribution in [0.1, 0.15) is 25.3 Å². The monoisotopic (exact) mass is 295 g/mol. The van der Waals surface area contributed by atoms with Crippen molar-refractivity contribution in [2.45, 2.75) is 31.6 Å². The molecule has 1 aromatic carbocycles. The Morgan fingerprint density at radius 3 is 2.80 bits per heavy atom. The molecule has 0 aliphatic carbocycles. The summed E-state index contributed by atoms with van der Waals surface area (Å²) in [4.78, 5) is 24.0. The molecule has 0 fully saturated rings. The SMILES string of the molecule is CCCCNC(=O)NC(=O)CSc1cccc(N)c1C. The molecular formula is C14H21N3O2S. The Morgan fingerprint density at radius 2 is 2.10 bits per heavy atom. The first-order chi connectivity index (χ1) is 9.54. The number of hydrogen-bond acceptors (Lipinski definition) is 4. The van der Waals surface area contributed by atoms with E-state index >= 15 is 0 Å². The maximum atomic E-state index is 11.6. The number of rotatable bonds is 6. The number of nitrogens with two attached hydrogens (primary N) is 1. The number of unbranched alkanes of at least 4 members (excludes halogenated alkanes) is 1. The molecule has 1 rings (SSSR count). The molecular weight excluding hydrogens is 274 g/mol. The van der Waals surface area contributed by atoms with Crippen LogP contribution in [0.3, 0.4) is 0 Å². The van der Waals surface area contributed by atoms with E-state index in [0.717, 1.165) is 23.3 Å². The summed E-state index contributed by atoms with van der Waals surface area (Å²) < 4.78 is 0. The molecule has 5 nitrogen and oxygen atoms in total. The van der Waals surface area contributed by atoms with Crippen molar-refractivity contribution in [2.75, 3.05) is 18.0 Å². The summed E-state index contributed by atoms with van der Waals surface area (Å²) in [6.07, 6.45) is 1.90. The van der Waals surface area contributed by atoms with E-state index in [1.54, 1.807) is 0 Å². The smallest absolute Gasteiger partial charge is 0.321 e. The van der Waals surface area contributed by atoms with E-state index < -0.39 is 6.03 Å². The highest BCUT2D eigenvalue weighted by Crippen LogP contribution is 2.25. The molecule has 0 heterocycles. The third-order valence-corrected chi connectivity index (χ3v) is 3.91. The van der Waals surface area contributed by atoms with Crippen molar-refractivity contribution in [1.29, 1.82) is 0 Å². The van der Waals surface area contributed by atoms with Crippen molar-refractivity contribution in [1.82, 2.24) is 10.6 Å².